The van der Waals surface area contributed by atoms with Gasteiger partial charge in [0, 0.05) is 0 Å². The first-order chi connectivity index (χ1) is 7.03. The van der Waals surface area contributed by atoms with E-state index in [1.807, 2.05) is 0 Å². The van der Waals surface area contributed by atoms with Crippen molar-refractivity contribution < 1.29 is 30.7 Å². The summed E-state index contributed by atoms with van der Waals surface area (Å²) in [6, 6.07) is 0. The third-order valence-electron chi connectivity index (χ3n) is 1.80. The lowest BCUT2D eigenvalue weighted by molar-refractivity contribution is -0.111. The Bertz CT molecular complexity index is 591. The monoisotopic (exact) mass is 267 g/mol. The van der Waals surface area contributed by atoms with Gasteiger partial charge < -0.3 is 0 Å². The molecule has 0 radical (unpaired) electrons. The van der Waals surface area contributed by atoms with Crippen LogP contribution in [-0.4, -0.2) is 31.7 Å². The lowest BCUT2D eigenvalue weighted by atomic mass is 10.1. The lowest BCUT2D eigenvalue weighted by Crippen LogP contribution is -2.23. The molecule has 0 atom stereocenters. The maximum Gasteiger partial charge on any atom is 0.346 e. The zero-order valence-electron chi connectivity index (χ0n) is 7.91. The molecule has 1 rings (SSSR count). The summed E-state index contributed by atoms with van der Waals surface area (Å²) in [6.45, 7) is 1.21. The summed E-state index contributed by atoms with van der Waals surface area (Å²) >= 11 is 0. The molecule has 2 N–H and O–H groups in total. The topological polar surface area (TPSA) is 126 Å². The molecule has 0 bridgehead atoms. The minimum atomic E-state index is -4.82. The molecule has 1 aliphatic carbocycles. The van der Waals surface area contributed by atoms with E-state index in [1.165, 1.54) is 6.92 Å². The summed E-state index contributed by atoms with van der Waals surface area (Å²) in [5, 5.41) is -1.09. The Labute approximate surface area is 92.0 Å². The average molecular weight is 267 g/mol. The van der Waals surface area contributed by atoms with Crippen molar-refractivity contribution in [1.82, 2.24) is 0 Å². The Hall–Kier alpha value is -1.16. The van der Waals surface area contributed by atoms with E-state index >= 15 is 0 Å². The van der Waals surface area contributed by atoms with E-state index in [0.717, 1.165) is 0 Å². The minimum Gasteiger partial charge on any atom is -0.272 e. The van der Waals surface area contributed by atoms with Crippen LogP contribution in [0.1, 0.15) is 6.92 Å². The molecule has 1 aliphatic rings. The molecule has 0 aromatic rings. The van der Waals surface area contributed by atoms with Gasteiger partial charge in [-0.3, -0.25) is 13.9 Å². The van der Waals surface area contributed by atoms with Gasteiger partial charge in [-0.2, -0.15) is 16.8 Å². The van der Waals surface area contributed by atoms with Gasteiger partial charge in [-0.1, -0.05) is 0 Å². The van der Waals surface area contributed by atoms with Crippen molar-refractivity contribution in [3.05, 3.63) is 27.9 Å². The van der Waals surface area contributed by atoms with E-state index in [0.29, 0.717) is 12.2 Å². The van der Waals surface area contributed by atoms with Crippen LogP contribution in [0.2, 0.25) is 0 Å². The normalized spacial score (nSPS) is 18.2. The highest BCUT2D eigenvalue weighted by Gasteiger charge is 2.43. The van der Waals surface area contributed by atoms with Gasteiger partial charge in [-0.05, 0) is 6.92 Å². The fourth-order valence-electron chi connectivity index (χ4n) is 1.12. The molecule has 0 aromatic heterocycles. The summed E-state index contributed by atoms with van der Waals surface area (Å²) in [5.41, 5.74) is -0.111. The van der Waals surface area contributed by atoms with E-state index in [9.17, 15) is 21.6 Å². The smallest absolute Gasteiger partial charge is 0.272 e. The number of ketones is 1. The highest BCUT2D eigenvalue weighted by atomic mass is 32.2. The molecular weight excluding hydrogens is 260 g/mol. The van der Waals surface area contributed by atoms with Gasteiger partial charge in [-0.15, -0.1) is 0 Å². The van der Waals surface area contributed by atoms with E-state index in [2.05, 4.69) is 0 Å². The molecule has 0 aliphatic heterocycles. The Morgan fingerprint density at radius 2 is 1.69 bits per heavy atom. The number of hydrogen-bond donors (Lipinski definition) is 2. The molecule has 0 heterocycles. The van der Waals surface area contributed by atoms with E-state index in [4.69, 9.17) is 9.11 Å². The van der Waals surface area contributed by atoms with Crippen LogP contribution in [0.5, 0.6) is 0 Å². The predicted octanol–water partition coefficient (Wildman–Crippen LogP) is -0.293. The Kier molecular flexibility index (Phi) is 2.98. The summed E-state index contributed by atoms with van der Waals surface area (Å²) in [5.74, 6) is -1.05. The Morgan fingerprint density at radius 3 is 2.06 bits per heavy atom. The second-order valence-electron chi connectivity index (χ2n) is 3.01. The van der Waals surface area contributed by atoms with Crippen molar-refractivity contribution in [2.45, 2.75) is 6.92 Å². The Morgan fingerprint density at radius 1 is 1.19 bits per heavy atom. The molecule has 0 saturated heterocycles. The first-order valence-electron chi connectivity index (χ1n) is 3.80. The molecule has 9 heteroatoms. The van der Waals surface area contributed by atoms with Crippen LogP contribution >= 0.6 is 0 Å². The van der Waals surface area contributed by atoms with Gasteiger partial charge in [0.05, 0.1) is 17.7 Å². The summed E-state index contributed by atoms with van der Waals surface area (Å²) in [4.78, 5) is 10.4. The van der Waals surface area contributed by atoms with Crippen molar-refractivity contribution in [3.8, 4) is 0 Å². The molecule has 0 amide bonds. The summed E-state index contributed by atoms with van der Waals surface area (Å²) in [6.07, 6.45) is 1.12. The standard InChI is InChI=1S/C7H6O7S2/c1-4-2-5(8)7(16(12,13)14)3-6(4)15(9,10)11/h2-3H,1H3,(H-,9,10,11,12,13,14)/p+1. The average Bonchev–Trinajstić information content (AvgIpc) is 1.97. The van der Waals surface area contributed by atoms with Gasteiger partial charge in [0.25, 0.3) is 0 Å². The van der Waals surface area contributed by atoms with Crippen LogP contribution in [0.15, 0.2) is 22.6 Å². The minimum absolute atomic E-state index is 0.111. The molecule has 16 heavy (non-hydrogen) atoms. The number of rotatable bonds is 2. The van der Waals surface area contributed by atoms with Gasteiger partial charge >= 0.3 is 26.0 Å². The molecular formula is C7H7O7S2+. The third kappa shape index (κ3) is 2.50. The van der Waals surface area contributed by atoms with Gasteiger partial charge in [0.2, 0.25) is 10.2 Å². The van der Waals surface area contributed by atoms with Crippen molar-refractivity contribution in [3.63, 3.8) is 0 Å². The van der Waals surface area contributed by atoms with Crippen molar-refractivity contribution in [1.29, 1.82) is 0 Å². The second kappa shape index (κ2) is 3.70. The second-order valence-corrected chi connectivity index (χ2v) is 5.79. The molecule has 0 unspecified atom stereocenters. The summed E-state index contributed by atoms with van der Waals surface area (Å²) in [7, 11) is -9.47. The maximum atomic E-state index is 11.2. The fraction of sp³-hybridized carbons (Fsp3) is 0.143. The predicted molar refractivity (Wildman–Crippen MR) is 53.2 cm³/mol. The van der Waals surface area contributed by atoms with Gasteiger partial charge in [0.15, 0.2) is 0 Å². The van der Waals surface area contributed by atoms with Gasteiger partial charge in [0.1, 0.15) is 0 Å². The van der Waals surface area contributed by atoms with Crippen LogP contribution < -0.4 is 0 Å². The maximum absolute atomic E-state index is 11.2. The Balaban J connectivity index is 3.42. The zero-order valence-corrected chi connectivity index (χ0v) is 9.54. The largest absolute Gasteiger partial charge is 0.346 e. The fourth-order valence-corrected chi connectivity index (χ4v) is 2.51. The van der Waals surface area contributed by atoms with E-state index in [1.54, 1.807) is 0 Å². The zero-order chi connectivity index (χ0) is 12.7. The molecule has 0 saturated carbocycles. The van der Waals surface area contributed by atoms with Crippen LogP contribution in [0.3, 0.4) is 0 Å². The van der Waals surface area contributed by atoms with E-state index in [-0.39, 0.29) is 5.57 Å². The number of allylic oxidation sites excluding steroid dienone is 2. The number of carbonyl (C=O) groups excluding carboxylic acids is 1. The third-order valence-corrected chi connectivity index (χ3v) is 3.67. The van der Waals surface area contributed by atoms with Crippen molar-refractivity contribution in [2.24, 2.45) is 0 Å². The van der Waals surface area contributed by atoms with Crippen LogP contribution in [0.25, 0.3) is 0 Å². The highest BCUT2D eigenvalue weighted by molar-refractivity contribution is 7.91. The summed E-state index contributed by atoms with van der Waals surface area (Å²) < 4.78 is 60.5. The molecule has 0 spiro atoms. The first kappa shape index (κ1) is 12.9. The van der Waals surface area contributed by atoms with Crippen molar-refractivity contribution in [2.75, 3.05) is 0 Å². The first-order valence-corrected chi connectivity index (χ1v) is 6.68. The van der Waals surface area contributed by atoms with Crippen LogP contribution in [0.4, 0.5) is 0 Å². The van der Waals surface area contributed by atoms with E-state index < -0.39 is 36.2 Å². The quantitative estimate of drug-likeness (QED) is 0.519. The molecule has 7 nitrogen and oxygen atoms in total. The lowest BCUT2D eigenvalue weighted by Gasteiger charge is -2.06. The van der Waals surface area contributed by atoms with Crippen LogP contribution in [-0.2, 0) is 25.0 Å². The molecule has 0 aromatic carbocycles. The SMILES string of the molecule is CC1=CC(=O)[C+](S(=O)(=O)O)C=C1S(=O)(=O)O. The van der Waals surface area contributed by atoms with Gasteiger partial charge in [-0.25, -0.2) is 0 Å². The number of hydrogen-bond acceptors (Lipinski definition) is 5. The number of carbonyl (C=O) groups is 1. The van der Waals surface area contributed by atoms with Crippen molar-refractivity contribution >= 4 is 26.0 Å². The molecule has 0 fully saturated rings. The van der Waals surface area contributed by atoms with Crippen LogP contribution in [0, 0.1) is 5.25 Å². The molecule has 88 valence electrons. The highest BCUT2D eigenvalue weighted by Crippen LogP contribution is 2.27.